The minimum Gasteiger partial charge on any atom is -0.493 e. The number of hydrogen-bond donors (Lipinski definition) is 1. The summed E-state index contributed by atoms with van der Waals surface area (Å²) in [6.45, 7) is 1.63. The van der Waals surface area contributed by atoms with Crippen molar-refractivity contribution in [3.63, 3.8) is 0 Å². The summed E-state index contributed by atoms with van der Waals surface area (Å²) >= 11 is 0. The van der Waals surface area contributed by atoms with Crippen LogP contribution in [0.2, 0.25) is 0 Å². The summed E-state index contributed by atoms with van der Waals surface area (Å²) in [5.74, 6) is 0.822. The summed E-state index contributed by atoms with van der Waals surface area (Å²) in [4.78, 5) is 11.0. The van der Waals surface area contributed by atoms with E-state index in [1.165, 1.54) is 40.4 Å². The summed E-state index contributed by atoms with van der Waals surface area (Å²) in [6, 6.07) is 3.08. The summed E-state index contributed by atoms with van der Waals surface area (Å²) in [5.41, 5.74) is 0.354. The third-order valence-corrected chi connectivity index (χ3v) is 4.22. The van der Waals surface area contributed by atoms with Gasteiger partial charge in [-0.2, -0.15) is 0 Å². The van der Waals surface area contributed by atoms with Gasteiger partial charge < -0.3 is 19.5 Å². The molecule has 8 nitrogen and oxygen atoms in total. The molecule has 130 valence electrons. The van der Waals surface area contributed by atoms with E-state index in [9.17, 15) is 13.2 Å². The molecular weight excluding hydrogens is 324 g/mol. The van der Waals surface area contributed by atoms with Crippen LogP contribution in [0.4, 0.5) is 5.69 Å². The summed E-state index contributed by atoms with van der Waals surface area (Å²) in [7, 11) is 0.803. The highest BCUT2D eigenvalue weighted by Gasteiger charge is 2.22. The van der Waals surface area contributed by atoms with Gasteiger partial charge in [0.25, 0.3) is 0 Å². The number of nitrogens with zero attached hydrogens (tertiary/aromatic N) is 1. The van der Waals surface area contributed by atoms with Gasteiger partial charge in [-0.3, -0.25) is 9.10 Å². The Balaban J connectivity index is 3.28. The molecule has 0 bridgehead atoms. The van der Waals surface area contributed by atoms with Crippen LogP contribution in [0, 0.1) is 0 Å². The van der Waals surface area contributed by atoms with Crippen molar-refractivity contribution in [3.8, 4) is 17.2 Å². The Hall–Kier alpha value is -2.16. The average molecular weight is 346 g/mol. The zero-order valence-electron chi connectivity index (χ0n) is 13.9. The number of amides is 1. The van der Waals surface area contributed by atoms with Gasteiger partial charge in [0, 0.05) is 25.6 Å². The smallest absolute Gasteiger partial charge is 0.232 e. The number of carbonyl (C=O) groups is 1. The number of ether oxygens (including phenoxy) is 3. The third kappa shape index (κ3) is 4.92. The van der Waals surface area contributed by atoms with Gasteiger partial charge in [-0.25, -0.2) is 8.42 Å². The monoisotopic (exact) mass is 346 g/mol. The molecule has 23 heavy (non-hydrogen) atoms. The van der Waals surface area contributed by atoms with E-state index >= 15 is 0 Å². The van der Waals surface area contributed by atoms with Crippen molar-refractivity contribution in [2.45, 2.75) is 6.92 Å². The first kappa shape index (κ1) is 18.9. The van der Waals surface area contributed by atoms with Gasteiger partial charge in [0.05, 0.1) is 39.8 Å². The molecule has 1 aromatic rings. The van der Waals surface area contributed by atoms with Crippen LogP contribution in [0.1, 0.15) is 6.92 Å². The topological polar surface area (TPSA) is 94.2 Å². The van der Waals surface area contributed by atoms with Crippen molar-refractivity contribution in [2.24, 2.45) is 0 Å². The van der Waals surface area contributed by atoms with E-state index in [0.717, 1.165) is 10.6 Å². The lowest BCUT2D eigenvalue weighted by Crippen LogP contribution is -2.37. The van der Waals surface area contributed by atoms with Gasteiger partial charge in [-0.1, -0.05) is 0 Å². The molecule has 0 aliphatic heterocycles. The van der Waals surface area contributed by atoms with E-state index in [2.05, 4.69) is 5.32 Å². The number of hydrogen-bond acceptors (Lipinski definition) is 6. The first-order valence-corrected chi connectivity index (χ1v) is 8.61. The fourth-order valence-electron chi connectivity index (χ4n) is 2.03. The molecule has 1 aromatic carbocycles. The molecule has 0 atom stereocenters. The van der Waals surface area contributed by atoms with E-state index in [0.29, 0.717) is 22.9 Å². The van der Waals surface area contributed by atoms with Crippen LogP contribution in [-0.4, -0.2) is 55.0 Å². The van der Waals surface area contributed by atoms with Crippen LogP contribution in [0.5, 0.6) is 17.2 Å². The van der Waals surface area contributed by atoms with Crippen LogP contribution in [-0.2, 0) is 14.8 Å². The summed E-state index contributed by atoms with van der Waals surface area (Å²) < 4.78 is 41.0. The second-order valence-electron chi connectivity index (χ2n) is 4.70. The maximum Gasteiger partial charge on any atom is 0.232 e. The minimum atomic E-state index is -3.56. The lowest BCUT2D eigenvalue weighted by Gasteiger charge is -2.24. The van der Waals surface area contributed by atoms with Crippen LogP contribution in [0.15, 0.2) is 12.1 Å². The third-order valence-electron chi connectivity index (χ3n) is 3.03. The highest BCUT2D eigenvalue weighted by molar-refractivity contribution is 7.92. The molecule has 1 rings (SSSR count). The summed E-state index contributed by atoms with van der Waals surface area (Å²) in [6.07, 6.45) is 1.09. The lowest BCUT2D eigenvalue weighted by atomic mass is 10.2. The molecule has 0 aliphatic rings. The maximum atomic E-state index is 12.1. The Labute approximate surface area is 136 Å². The first-order valence-electron chi connectivity index (χ1n) is 6.76. The normalized spacial score (nSPS) is 10.8. The molecule has 0 heterocycles. The highest BCUT2D eigenvalue weighted by atomic mass is 32.2. The van der Waals surface area contributed by atoms with Gasteiger partial charge in [-0.05, 0) is 0 Å². The minimum absolute atomic E-state index is 0.0804. The molecule has 1 amide bonds. The zero-order valence-corrected chi connectivity index (χ0v) is 14.7. The number of rotatable bonds is 8. The summed E-state index contributed by atoms with van der Waals surface area (Å²) in [5, 5.41) is 2.57. The van der Waals surface area contributed by atoms with E-state index in [1.807, 2.05) is 0 Å². The van der Waals surface area contributed by atoms with Gasteiger partial charge >= 0.3 is 0 Å². The van der Waals surface area contributed by atoms with Gasteiger partial charge in [-0.15, -0.1) is 0 Å². The van der Waals surface area contributed by atoms with Crippen LogP contribution in [0.3, 0.4) is 0 Å². The SMILES string of the molecule is COc1cc(N(CCNC(C)=O)S(C)(=O)=O)cc(OC)c1OC. The molecular formula is C14H22N2O6S. The second kappa shape index (κ2) is 7.91. The molecule has 0 saturated carbocycles. The molecule has 9 heteroatoms. The largest absolute Gasteiger partial charge is 0.493 e. The number of benzene rings is 1. The molecule has 0 spiro atoms. The Kier molecular flexibility index (Phi) is 6.49. The van der Waals surface area contributed by atoms with Crippen LogP contribution in [0.25, 0.3) is 0 Å². The Bertz CT molecular complexity index is 634. The van der Waals surface area contributed by atoms with Gasteiger partial charge in [0.15, 0.2) is 11.5 Å². The van der Waals surface area contributed by atoms with Crippen molar-refractivity contribution < 1.29 is 27.4 Å². The van der Waals surface area contributed by atoms with Gasteiger partial charge in [0.2, 0.25) is 21.7 Å². The quantitative estimate of drug-likeness (QED) is 0.741. The van der Waals surface area contributed by atoms with Crippen molar-refractivity contribution in [2.75, 3.05) is 45.0 Å². The van der Waals surface area contributed by atoms with E-state index in [1.54, 1.807) is 0 Å². The molecule has 0 fully saturated rings. The van der Waals surface area contributed by atoms with Crippen molar-refractivity contribution >= 4 is 21.6 Å². The molecule has 0 saturated heterocycles. The van der Waals surface area contributed by atoms with E-state index in [4.69, 9.17) is 14.2 Å². The van der Waals surface area contributed by atoms with E-state index in [-0.39, 0.29) is 19.0 Å². The van der Waals surface area contributed by atoms with Gasteiger partial charge in [0.1, 0.15) is 0 Å². The molecule has 0 radical (unpaired) electrons. The molecule has 0 unspecified atom stereocenters. The fraction of sp³-hybridized carbons (Fsp3) is 0.500. The first-order chi connectivity index (χ1) is 10.7. The Morgan fingerprint density at radius 2 is 1.65 bits per heavy atom. The fourth-order valence-corrected chi connectivity index (χ4v) is 2.94. The maximum absolute atomic E-state index is 12.1. The van der Waals surface area contributed by atoms with Crippen molar-refractivity contribution in [1.29, 1.82) is 0 Å². The van der Waals surface area contributed by atoms with Crippen LogP contribution >= 0.6 is 0 Å². The van der Waals surface area contributed by atoms with Crippen molar-refractivity contribution in [3.05, 3.63) is 12.1 Å². The predicted octanol–water partition coefficient (Wildman–Crippen LogP) is 0.615. The standard InChI is InChI=1S/C14H22N2O6S/c1-10(17)15-6-7-16(23(5,18)19)11-8-12(20-2)14(22-4)13(9-11)21-3/h8-9H,6-7H2,1-5H3,(H,15,17). The zero-order chi connectivity index (χ0) is 17.6. The lowest BCUT2D eigenvalue weighted by molar-refractivity contribution is -0.118. The van der Waals surface area contributed by atoms with Crippen molar-refractivity contribution in [1.82, 2.24) is 5.32 Å². The number of sulfonamides is 1. The predicted molar refractivity (Wildman–Crippen MR) is 87.0 cm³/mol. The Morgan fingerprint density at radius 1 is 1.13 bits per heavy atom. The number of methoxy groups -OCH3 is 3. The highest BCUT2D eigenvalue weighted by Crippen LogP contribution is 2.41. The molecule has 0 aliphatic carbocycles. The van der Waals surface area contributed by atoms with E-state index < -0.39 is 10.0 Å². The van der Waals surface area contributed by atoms with Crippen LogP contribution < -0.4 is 23.8 Å². The number of anilines is 1. The average Bonchev–Trinajstić information content (AvgIpc) is 2.48. The Morgan fingerprint density at radius 3 is 2.00 bits per heavy atom. The number of carbonyl (C=O) groups excluding carboxylic acids is 1. The second-order valence-corrected chi connectivity index (χ2v) is 6.61. The number of nitrogens with one attached hydrogen (secondary N) is 1. The molecule has 1 N–H and O–H groups in total. The molecule has 0 aromatic heterocycles.